The van der Waals surface area contributed by atoms with Crippen LogP contribution in [0.5, 0.6) is 46.0 Å². The van der Waals surface area contributed by atoms with Crippen LogP contribution in [0.2, 0.25) is 10.0 Å². The number of halogens is 11. The number of quaternary nitrogens is 1. The molecule has 136 heavy (non-hydrogen) atoms. The predicted octanol–water partition coefficient (Wildman–Crippen LogP) is 3.53. The van der Waals surface area contributed by atoms with E-state index in [-0.39, 0.29) is 75.2 Å². The minimum Gasteiger partial charge on any atom is -0.542 e. The van der Waals surface area contributed by atoms with Crippen LogP contribution in [0.25, 0.3) is 11.1 Å². The van der Waals surface area contributed by atoms with Crippen LogP contribution in [0.15, 0.2) is 78.9 Å². The van der Waals surface area contributed by atoms with Crippen molar-refractivity contribution in [2.24, 2.45) is 17.4 Å². The Hall–Kier alpha value is -11.5. The number of phenolic OH excluding ortho intramolecular Hbond substituents is 3. The first-order valence-electron chi connectivity index (χ1n) is 41.9. The number of carboxylic acid groups (broad SMARTS) is 3. The second-order valence-corrected chi connectivity index (χ2v) is 34.4. The third kappa shape index (κ3) is 30.0. The van der Waals surface area contributed by atoms with Gasteiger partial charge in [0.1, 0.15) is 101 Å². The Balaban J connectivity index is 0.00000107. The van der Waals surface area contributed by atoms with Gasteiger partial charge in [-0.05, 0) is 122 Å². The summed E-state index contributed by atoms with van der Waals surface area (Å²) in [5.74, 6) is -22.9. The van der Waals surface area contributed by atoms with E-state index in [9.17, 15) is 105 Å². The topological polar surface area (TPSA) is 637 Å². The number of hydrogen-bond acceptors (Lipinski definition) is 29. The van der Waals surface area contributed by atoms with Gasteiger partial charge < -0.3 is 153 Å². The fraction of sp³-hybridized carbons (Fsp3) is 0.518. The second-order valence-electron chi connectivity index (χ2n) is 33.6. The number of nitrogens with one attached hydrogen (secondary N) is 8. The molecule has 8 aliphatic heterocycles. The number of ether oxygens (including phenoxy) is 6. The summed E-state index contributed by atoms with van der Waals surface area (Å²) >= 11 is 14.3. The molecule has 0 spiro atoms. The number of aliphatic hydroxyl groups excluding tert-OH is 6. The van der Waals surface area contributed by atoms with Crippen molar-refractivity contribution < 1.29 is 186 Å². The Morgan fingerprint density at radius 2 is 1.18 bits per heavy atom. The van der Waals surface area contributed by atoms with E-state index in [1.54, 1.807) is 0 Å². The summed E-state index contributed by atoms with van der Waals surface area (Å²) in [5, 5.41) is 149. The number of carboxylic acids is 3. The number of phenols is 3. The summed E-state index contributed by atoms with van der Waals surface area (Å²) in [4.78, 5) is 147. The highest BCUT2D eigenvalue weighted by Gasteiger charge is 2.52. The number of likely N-dealkylation sites (N-methyl/N-ethyl adjacent to an activating group) is 1. The molecule has 8 amide bonds. The monoisotopic (exact) mass is 1990 g/mol. The fourth-order valence-electron chi connectivity index (χ4n) is 14.8. The first-order chi connectivity index (χ1) is 63.2. The number of aliphatic hydroxyl groups is 6. The lowest BCUT2D eigenvalue weighted by Gasteiger charge is -2.47. The van der Waals surface area contributed by atoms with E-state index in [0.717, 1.165) is 87.5 Å². The Morgan fingerprint density at radius 1 is 0.654 bits per heavy atom. The van der Waals surface area contributed by atoms with Crippen LogP contribution in [0, 0.1) is 5.92 Å². The van der Waals surface area contributed by atoms with E-state index < -0.39 is 251 Å². The summed E-state index contributed by atoms with van der Waals surface area (Å²) in [5.41, 5.74) is 8.94. The number of primary amides is 1. The van der Waals surface area contributed by atoms with Crippen molar-refractivity contribution in [3.63, 3.8) is 0 Å². The van der Waals surface area contributed by atoms with E-state index in [1.807, 2.05) is 13.8 Å². The zero-order valence-corrected chi connectivity index (χ0v) is 75.3. The molecule has 5 aromatic rings. The number of alkyl halides is 9. The van der Waals surface area contributed by atoms with Crippen LogP contribution in [-0.4, -0.2) is 271 Å². The average molecular weight is 1990 g/mol. The normalized spacial score (nSPS) is 24.9. The van der Waals surface area contributed by atoms with Gasteiger partial charge in [0.2, 0.25) is 59.3 Å². The standard InChI is InChI=1S/C79H103Cl2N11O23.3C2HF3O2/c1-9-10-11-12-13-14-23-92(7,8)24-15-22-85-73(105)61-44-31-42(94)32-50(96)58(44)43-19-16-38(28-49(43)95)59-74(106)91-63(77(109)89-61)65(99)40-18-21-52(46(81)27-40)112-54-30-41-29-53(68(54)115-78-69(67(101)66(100)55(35-93)113-78)114-57-34-79(5,83)70(102)37(4)110-57)111-51-20-17-39(26-45(51)80)64(98)62(90-71(103)47(84-6)25-36(2)3)76(108)86-48(33-56(82)97)72(104)87-60(41)75(107)88-59;3*3-2(4,5)1(6)7/h16-21,26-32,36-37,47-48,55,57,59-67,69-70,78,84,93,98-102H,9-15,22-25,33-35,83H2,1-8H3,(H11-,82,85,86,87,88,89,90,91,94,95,96,97,103,104,105,106,107,108,109);3*(H,6,7)/t37-,47+,48-,55+,57-,59+,60+,61-,62+,63-,64+,65+,66+,67-,69+,70+,78-,79-;;;/m0.../s1. The number of nitrogens with zero attached hydrogens (tertiary/aromatic N) is 1. The van der Waals surface area contributed by atoms with Crippen LogP contribution >= 0.6 is 23.2 Å². The molecule has 5 aromatic carbocycles. The van der Waals surface area contributed by atoms with Crippen molar-refractivity contribution in [2.75, 3.05) is 47.4 Å². The molecule has 2 saturated heterocycles. The highest BCUT2D eigenvalue weighted by Crippen LogP contribution is 2.50. The lowest BCUT2D eigenvalue weighted by Crippen LogP contribution is -2.64. The van der Waals surface area contributed by atoms with E-state index in [0.29, 0.717) is 17.4 Å². The summed E-state index contributed by atoms with van der Waals surface area (Å²) in [6.07, 6.45) is -26.8. The predicted molar refractivity (Wildman–Crippen MR) is 453 cm³/mol. The fourth-order valence-corrected chi connectivity index (χ4v) is 15.2. The molecule has 2 fully saturated rings. The van der Waals surface area contributed by atoms with E-state index in [1.165, 1.54) is 57.3 Å². The van der Waals surface area contributed by atoms with Crippen LogP contribution in [0.4, 0.5) is 39.5 Å². The number of amides is 8. The lowest BCUT2D eigenvalue weighted by atomic mass is 9.86. The summed E-state index contributed by atoms with van der Waals surface area (Å²) < 4.78 is 134. The Bertz CT molecular complexity index is 5060. The van der Waals surface area contributed by atoms with Gasteiger partial charge in [0.25, 0.3) is 0 Å². The Labute approximate surface area is 779 Å². The van der Waals surface area contributed by atoms with E-state index >= 15 is 19.2 Å². The lowest BCUT2D eigenvalue weighted by molar-refractivity contribution is -0.890. The van der Waals surface area contributed by atoms with Gasteiger partial charge in [-0.2, -0.15) is 39.5 Å². The molecule has 0 radical (unpaired) electrons. The molecule has 0 aliphatic carbocycles. The highest BCUT2D eigenvalue weighted by atomic mass is 35.5. The number of aromatic hydroxyl groups is 3. The van der Waals surface area contributed by atoms with Gasteiger partial charge in [-0.25, -0.2) is 9.59 Å². The summed E-state index contributed by atoms with van der Waals surface area (Å²) in [6.45, 7) is 9.36. The number of aliphatic carboxylic acids is 3. The first-order valence-corrected chi connectivity index (χ1v) is 42.7. The number of carbonyl (C=O) groups is 11. The van der Waals surface area contributed by atoms with Crippen molar-refractivity contribution >= 4 is 88.4 Å². The number of unbranched alkanes of at least 4 members (excludes halogenated alkanes) is 5. The maximum Gasteiger partial charge on any atom is 0.490 e. The third-order valence-electron chi connectivity index (χ3n) is 21.9. The number of nitrogens with two attached hydrogens (primary N) is 2. The zero-order valence-electron chi connectivity index (χ0n) is 73.8. The van der Waals surface area contributed by atoms with E-state index in [2.05, 4.69) is 63.6 Å². The zero-order chi connectivity index (χ0) is 102. The van der Waals surface area contributed by atoms with Crippen LogP contribution < -0.4 is 73.3 Å². The second kappa shape index (κ2) is 47.5. The molecule has 8 aliphatic rings. The van der Waals surface area contributed by atoms with E-state index in [4.69, 9.17) is 92.8 Å². The van der Waals surface area contributed by atoms with Gasteiger partial charge in [0, 0.05) is 42.1 Å². The Kier molecular flexibility index (Phi) is 39.0. The number of carbonyl (C=O) groups excluding carboxylic acids is 9. The van der Waals surface area contributed by atoms with Gasteiger partial charge in [0.05, 0.1) is 68.5 Å². The smallest absolute Gasteiger partial charge is 0.490 e. The molecular weight excluding hydrogens is 1880 g/mol. The molecule has 40 nitrogen and oxygen atoms in total. The molecule has 0 aromatic heterocycles. The SMILES string of the molecule is CCCCCCCC[N+](C)(C)CCCNC(=O)[C@H]1NC(=O)[C@H]2NC(=O)[C@H](NC(=O)[C@@H]3NC(=O)[C@H](CC(N)=O)NC(=O)[C@H](NC(=O)[C@@H](CC(C)C)NC)[C@H](O)c4ccc(c(Cl)c4)Oc4cc3cc(c4O[C@@H]3O[C@H](CO)[C@@H](O)[C@H](O)[C@H]3O[C@H]3C[C@](C)(N)[C@H](O)[C@H](C)O3)Oc3ccc(cc3Cl)[C@H]2O)c2ccc(c(O)c2)-c2c(O)cc(O)cc21.O=C(O)C(F)(F)F.O=C(O)C(F)(F)F.O=C([O-])C(F)(F)F. The average Bonchev–Trinajstić information content (AvgIpc) is 1.22. The molecule has 752 valence electrons. The number of benzene rings is 5. The van der Waals surface area contributed by atoms with Gasteiger partial charge >= 0.3 is 30.5 Å². The maximum atomic E-state index is 16.2. The molecule has 0 unspecified atom stereocenters. The van der Waals surface area contributed by atoms with Crippen molar-refractivity contribution in [1.82, 2.24) is 42.5 Å². The van der Waals surface area contributed by atoms with Crippen LogP contribution in [-0.2, 0) is 67.0 Å². The van der Waals surface area contributed by atoms with Crippen LogP contribution in [0.3, 0.4) is 0 Å². The van der Waals surface area contributed by atoms with Gasteiger partial charge in [0.15, 0.2) is 23.9 Å². The molecule has 51 heteroatoms. The molecular formula is C85H106Cl2F9N11O29. The van der Waals surface area contributed by atoms with Crippen LogP contribution in [0.1, 0.15) is 157 Å². The quantitative estimate of drug-likeness (QED) is 0.0239. The molecule has 18 atom stereocenters. The largest absolute Gasteiger partial charge is 0.542 e. The van der Waals surface area contributed by atoms with Gasteiger partial charge in [-0.1, -0.05) is 93.9 Å². The molecule has 11 bridgehead atoms. The van der Waals surface area contributed by atoms with Gasteiger partial charge in [-0.3, -0.25) is 38.4 Å². The first kappa shape index (κ1) is 112. The number of rotatable bonds is 24. The minimum absolute atomic E-state index is 0.0356. The summed E-state index contributed by atoms with van der Waals surface area (Å²) in [7, 11) is 5.62. The van der Waals surface area contributed by atoms with Crippen molar-refractivity contribution in [1.29, 1.82) is 0 Å². The number of hydrogen-bond donors (Lipinski definition) is 21. The van der Waals surface area contributed by atoms with Crippen molar-refractivity contribution in [3.8, 4) is 57.1 Å². The molecule has 0 saturated carbocycles. The molecule has 8 heterocycles. The number of fused-ring (bicyclic) bond motifs is 15. The molecule has 13 rings (SSSR count). The highest BCUT2D eigenvalue weighted by molar-refractivity contribution is 6.32. The minimum atomic E-state index is -5.19. The van der Waals surface area contributed by atoms with Crippen molar-refractivity contribution in [2.45, 2.75) is 227 Å². The van der Waals surface area contributed by atoms with Crippen molar-refractivity contribution in [3.05, 3.63) is 117 Å². The summed E-state index contributed by atoms with van der Waals surface area (Å²) in [6, 6.07) is 0.726. The Morgan fingerprint density at radius 3 is 1.70 bits per heavy atom. The molecule has 23 N–H and O–H groups in total. The maximum absolute atomic E-state index is 16.2. The van der Waals surface area contributed by atoms with Gasteiger partial charge in [-0.15, -0.1) is 0 Å². The third-order valence-corrected chi connectivity index (χ3v) is 22.5.